The van der Waals surface area contributed by atoms with Crippen molar-refractivity contribution in [2.24, 2.45) is 0 Å². The molecule has 0 spiro atoms. The summed E-state index contributed by atoms with van der Waals surface area (Å²) in [6, 6.07) is 5.11. The molecule has 1 aliphatic rings. The monoisotopic (exact) mass is 440 g/mol. The van der Waals surface area contributed by atoms with E-state index in [-0.39, 0.29) is 68.9 Å². The van der Waals surface area contributed by atoms with E-state index in [9.17, 15) is 4.39 Å². The van der Waals surface area contributed by atoms with Crippen molar-refractivity contribution in [1.29, 1.82) is 10.8 Å². The quantitative estimate of drug-likeness (QED) is 0.294. The molecular weight excluding hydrogens is 410 g/mol. The summed E-state index contributed by atoms with van der Waals surface area (Å²) in [5.41, 5.74) is 7.69. The molecule has 0 radical (unpaired) electrons. The number of nitrogens with zero attached hydrogens (tertiary/aromatic N) is 3. The van der Waals surface area contributed by atoms with E-state index in [1.807, 2.05) is 23.6 Å². The van der Waals surface area contributed by atoms with Crippen LogP contribution in [-0.2, 0) is 0 Å². The summed E-state index contributed by atoms with van der Waals surface area (Å²) < 4.78 is 18.3. The van der Waals surface area contributed by atoms with Gasteiger partial charge in [0.1, 0.15) is 12.4 Å². The van der Waals surface area contributed by atoms with Gasteiger partial charge in [0, 0.05) is 30.0 Å². The Kier molecular flexibility index (Phi) is 11.1. The third kappa shape index (κ3) is 7.09. The minimum Gasteiger partial charge on any atom is -0.491 e. The van der Waals surface area contributed by atoms with Gasteiger partial charge in [0.05, 0.1) is 17.5 Å². The maximum absolute atomic E-state index is 12.6. The van der Waals surface area contributed by atoms with Crippen LogP contribution < -0.4 is 61.9 Å². The summed E-state index contributed by atoms with van der Waals surface area (Å²) in [4.78, 5) is 3.89. The first kappa shape index (κ1) is 26.6. The Bertz CT molecular complexity index is 811. The van der Waals surface area contributed by atoms with Crippen molar-refractivity contribution >= 4 is 17.1 Å². The predicted octanol–water partition coefficient (Wildman–Crippen LogP) is 0.393. The number of benzene rings is 1. The van der Waals surface area contributed by atoms with Crippen LogP contribution >= 0.6 is 0 Å². The first-order valence-electron chi connectivity index (χ1n) is 9.56. The van der Waals surface area contributed by atoms with Gasteiger partial charge in [-0.1, -0.05) is 19.4 Å². The molecule has 30 heavy (non-hydrogen) atoms. The Morgan fingerprint density at radius 1 is 1.37 bits per heavy atom. The summed E-state index contributed by atoms with van der Waals surface area (Å²) in [5, 5.41) is 21.1. The number of nitrogens with one attached hydrogen (secondary N) is 2. The van der Waals surface area contributed by atoms with Crippen LogP contribution in [0.25, 0.3) is 5.32 Å². The molecule has 0 saturated carbocycles. The molecule has 2 rings (SSSR count). The fraction of sp³-hybridized carbons (Fsp3) is 0.429. The van der Waals surface area contributed by atoms with Crippen LogP contribution in [0, 0.1) is 10.8 Å². The van der Waals surface area contributed by atoms with Gasteiger partial charge in [0.15, 0.2) is 0 Å². The molecule has 0 aromatic heterocycles. The van der Waals surface area contributed by atoms with E-state index in [4.69, 9.17) is 21.3 Å². The number of alkyl halides is 1. The molecule has 4 N–H and O–H groups in total. The molecule has 7 nitrogen and oxygen atoms in total. The van der Waals surface area contributed by atoms with Crippen molar-refractivity contribution in [3.8, 4) is 5.75 Å². The molecule has 1 aromatic rings. The van der Waals surface area contributed by atoms with Crippen LogP contribution in [0.15, 0.2) is 42.4 Å². The molecule has 9 heteroatoms. The molecule has 1 aromatic carbocycles. The molecule has 0 amide bonds. The Hall–Kier alpha value is -1.39. The van der Waals surface area contributed by atoms with E-state index >= 15 is 0 Å². The topological polar surface area (TPSA) is 104 Å². The normalized spacial score (nSPS) is 14.4. The summed E-state index contributed by atoms with van der Waals surface area (Å²) >= 11 is 0. The second-order valence-electron chi connectivity index (χ2n) is 7.09. The zero-order chi connectivity index (χ0) is 21.6. The number of nitrogens with two attached hydrogens (primary N) is 1. The first-order valence-corrected chi connectivity index (χ1v) is 9.56. The largest absolute Gasteiger partial charge is 1.00 e. The van der Waals surface area contributed by atoms with Gasteiger partial charge in [-0.25, -0.2) is 4.39 Å². The molecule has 1 saturated heterocycles. The number of piperazine rings is 1. The fourth-order valence-corrected chi connectivity index (χ4v) is 3.11. The Morgan fingerprint density at radius 2 is 2.07 bits per heavy atom. The average molecular weight is 441 g/mol. The van der Waals surface area contributed by atoms with Crippen molar-refractivity contribution in [2.75, 3.05) is 45.6 Å². The standard InChI is InChI=1S/C21H30FN6O.K/c1-14(2)29-16-5-6-18(23)17(11-16)21(25)19(24)12-20(26-4)28-10-9-27(8-7-22)15(3)13-28;/h5-6,11-12,14,24-25H,3,7-10,13,23H2,1-2,4H3;/q-1;+1/b20-12+,24-19?,25-21?;. The molecule has 0 atom stereocenters. The smallest absolute Gasteiger partial charge is 0.491 e. The minimum absolute atomic E-state index is 0. The van der Waals surface area contributed by atoms with Crippen molar-refractivity contribution in [3.05, 3.63) is 53.3 Å². The molecule has 0 bridgehead atoms. The molecule has 1 fully saturated rings. The van der Waals surface area contributed by atoms with E-state index < -0.39 is 6.67 Å². The number of anilines is 1. The summed E-state index contributed by atoms with van der Waals surface area (Å²) in [5.74, 6) is 1.18. The van der Waals surface area contributed by atoms with Gasteiger partial charge in [-0.2, -0.15) is 0 Å². The number of ether oxygens (including phenoxy) is 1. The van der Waals surface area contributed by atoms with Crippen LogP contribution in [0.2, 0.25) is 0 Å². The minimum atomic E-state index is -0.414. The number of rotatable bonds is 9. The molecule has 1 heterocycles. The van der Waals surface area contributed by atoms with Gasteiger partial charge in [0.25, 0.3) is 0 Å². The number of halogens is 1. The summed E-state index contributed by atoms with van der Waals surface area (Å²) in [6.07, 6.45) is 1.55. The van der Waals surface area contributed by atoms with Gasteiger partial charge in [-0.15, -0.1) is 0 Å². The Morgan fingerprint density at radius 3 is 2.63 bits per heavy atom. The van der Waals surface area contributed by atoms with Gasteiger partial charge in [-0.05, 0) is 51.2 Å². The second kappa shape index (κ2) is 12.5. The van der Waals surface area contributed by atoms with Crippen LogP contribution in [0.1, 0.15) is 19.4 Å². The van der Waals surface area contributed by atoms with Gasteiger partial charge in [0.2, 0.25) is 0 Å². The van der Waals surface area contributed by atoms with Crippen molar-refractivity contribution < 1.29 is 60.5 Å². The summed E-state index contributed by atoms with van der Waals surface area (Å²) in [6.45, 7) is 9.56. The molecule has 0 unspecified atom stereocenters. The van der Waals surface area contributed by atoms with Crippen LogP contribution in [-0.4, -0.2) is 67.2 Å². The van der Waals surface area contributed by atoms with Crippen LogP contribution in [0.3, 0.4) is 0 Å². The third-order valence-electron chi connectivity index (χ3n) is 4.58. The van der Waals surface area contributed by atoms with Gasteiger partial charge >= 0.3 is 51.4 Å². The number of hydrogen-bond acceptors (Lipinski definition) is 6. The maximum Gasteiger partial charge on any atom is 1.00 e. The summed E-state index contributed by atoms with van der Waals surface area (Å²) in [7, 11) is 1.64. The van der Waals surface area contributed by atoms with Crippen molar-refractivity contribution in [2.45, 2.75) is 20.0 Å². The van der Waals surface area contributed by atoms with Crippen LogP contribution in [0.5, 0.6) is 5.75 Å². The zero-order valence-electron chi connectivity index (χ0n) is 18.3. The predicted molar refractivity (Wildman–Crippen MR) is 117 cm³/mol. The van der Waals surface area contributed by atoms with E-state index in [1.165, 1.54) is 0 Å². The van der Waals surface area contributed by atoms with E-state index in [2.05, 4.69) is 11.9 Å². The number of hydrogen-bond donors (Lipinski definition) is 3. The second-order valence-corrected chi connectivity index (χ2v) is 7.09. The Balaban J connectivity index is 0.00000450. The fourth-order valence-electron chi connectivity index (χ4n) is 3.11. The molecule has 1 aliphatic heterocycles. The molecule has 0 aliphatic carbocycles. The third-order valence-corrected chi connectivity index (χ3v) is 4.58. The van der Waals surface area contributed by atoms with Crippen molar-refractivity contribution in [1.82, 2.24) is 9.80 Å². The van der Waals surface area contributed by atoms with Gasteiger partial charge < -0.3 is 25.6 Å². The van der Waals surface area contributed by atoms with E-state index in [1.54, 1.807) is 31.3 Å². The zero-order valence-corrected chi connectivity index (χ0v) is 21.5. The SMILES string of the molecule is C=C1CN(/C(=C/C(=N)C(=N)c2cc(OC(C)C)ccc2N)[N-]C)CCN1CCF.[K+]. The van der Waals surface area contributed by atoms with Gasteiger partial charge in [-0.3, -0.25) is 10.8 Å². The molecule has 158 valence electrons. The number of allylic oxidation sites excluding steroid dienone is 1. The molecular formula is C21H30FKN6O. The van der Waals surface area contributed by atoms with E-state index in [0.29, 0.717) is 49.0 Å². The maximum atomic E-state index is 12.6. The van der Waals surface area contributed by atoms with Crippen LogP contribution in [0.4, 0.5) is 10.1 Å². The average Bonchev–Trinajstić information content (AvgIpc) is 2.68. The Labute approximate surface area is 221 Å². The van der Waals surface area contributed by atoms with E-state index in [0.717, 1.165) is 5.70 Å². The first-order chi connectivity index (χ1) is 13.8. The van der Waals surface area contributed by atoms with Crippen molar-refractivity contribution in [3.63, 3.8) is 0 Å². The number of nitrogen functional groups attached to an aromatic ring is 1.